The molecule has 4 nitrogen and oxygen atoms in total. The van der Waals surface area contributed by atoms with Crippen molar-refractivity contribution in [1.29, 1.82) is 0 Å². The van der Waals surface area contributed by atoms with E-state index in [4.69, 9.17) is 0 Å². The first-order valence-electron chi connectivity index (χ1n) is 11.6. The molecule has 4 aromatic rings. The fraction of sp³-hybridized carbons (Fsp3) is 0.133. The summed E-state index contributed by atoms with van der Waals surface area (Å²) in [5, 5.41) is 5.89. The van der Waals surface area contributed by atoms with E-state index >= 15 is 0 Å². The summed E-state index contributed by atoms with van der Waals surface area (Å²) in [7, 11) is 0. The average Bonchev–Trinajstić information content (AvgIpc) is 2.90. The number of carbonyl (C=O) groups excluding carboxylic acids is 2. The second-order valence-corrected chi connectivity index (χ2v) is 9.58. The van der Waals surface area contributed by atoms with Crippen LogP contribution < -0.4 is 10.6 Å². The molecule has 0 bridgehead atoms. The van der Waals surface area contributed by atoms with Crippen molar-refractivity contribution < 1.29 is 9.59 Å². The summed E-state index contributed by atoms with van der Waals surface area (Å²) >= 11 is 1.56. The van der Waals surface area contributed by atoms with Gasteiger partial charge < -0.3 is 10.6 Å². The van der Waals surface area contributed by atoms with Gasteiger partial charge in [-0.05, 0) is 35.4 Å². The fourth-order valence-electron chi connectivity index (χ4n) is 3.76. The molecule has 0 radical (unpaired) electrons. The van der Waals surface area contributed by atoms with Crippen molar-refractivity contribution in [2.45, 2.75) is 23.6 Å². The highest BCUT2D eigenvalue weighted by atomic mass is 32.2. The first-order chi connectivity index (χ1) is 17.2. The highest BCUT2D eigenvalue weighted by Gasteiger charge is 2.22. The van der Waals surface area contributed by atoms with Crippen LogP contribution in [-0.2, 0) is 12.8 Å². The Morgan fingerprint density at radius 2 is 0.829 bits per heavy atom. The van der Waals surface area contributed by atoms with E-state index in [1.165, 1.54) is 0 Å². The number of nitrogens with one attached hydrogen (secondary N) is 2. The lowest BCUT2D eigenvalue weighted by molar-refractivity contribution is 0.0945. The standard InChI is InChI=1S/C30H28N2O2S/c33-29(25-17-9-3-10-18-25)31-27(21-23-13-5-1-6-14-23)35-28(22-24-15-7-2-8-16-24)32-30(34)26-19-11-4-12-20-26/h1-20,27-28H,21-22H2,(H,31,33)(H,32,34). The van der Waals surface area contributed by atoms with Gasteiger partial charge in [-0.1, -0.05) is 97.1 Å². The molecule has 0 saturated carbocycles. The van der Waals surface area contributed by atoms with E-state index in [2.05, 4.69) is 34.9 Å². The molecule has 0 heterocycles. The van der Waals surface area contributed by atoms with Crippen molar-refractivity contribution in [3.63, 3.8) is 0 Å². The molecule has 5 heteroatoms. The molecule has 2 N–H and O–H groups in total. The minimum atomic E-state index is -0.241. The minimum absolute atomic E-state index is 0.133. The van der Waals surface area contributed by atoms with Crippen molar-refractivity contribution in [2.24, 2.45) is 0 Å². The van der Waals surface area contributed by atoms with Gasteiger partial charge in [-0.25, -0.2) is 0 Å². The van der Waals surface area contributed by atoms with Crippen LogP contribution >= 0.6 is 11.8 Å². The van der Waals surface area contributed by atoms with Crippen LogP contribution in [0.25, 0.3) is 0 Å². The van der Waals surface area contributed by atoms with Crippen LogP contribution in [0.2, 0.25) is 0 Å². The maximum absolute atomic E-state index is 13.0. The predicted molar refractivity (Wildman–Crippen MR) is 143 cm³/mol. The lowest BCUT2D eigenvalue weighted by Crippen LogP contribution is -2.41. The summed E-state index contributed by atoms with van der Waals surface area (Å²) in [4.78, 5) is 26.0. The molecule has 2 unspecified atom stereocenters. The molecule has 35 heavy (non-hydrogen) atoms. The van der Waals surface area contributed by atoms with E-state index in [1.807, 2.05) is 72.8 Å². The molecule has 0 aliphatic heterocycles. The molecule has 0 aromatic heterocycles. The molecule has 0 spiro atoms. The highest BCUT2D eigenvalue weighted by molar-refractivity contribution is 8.00. The van der Waals surface area contributed by atoms with Crippen molar-refractivity contribution in [3.05, 3.63) is 144 Å². The van der Waals surface area contributed by atoms with Crippen molar-refractivity contribution in [1.82, 2.24) is 10.6 Å². The van der Waals surface area contributed by atoms with E-state index in [1.54, 1.807) is 36.0 Å². The van der Waals surface area contributed by atoms with Crippen molar-refractivity contribution >= 4 is 23.6 Å². The molecule has 0 aliphatic carbocycles. The van der Waals surface area contributed by atoms with Crippen LogP contribution in [0, 0.1) is 0 Å². The molecule has 2 atom stereocenters. The maximum atomic E-state index is 13.0. The summed E-state index contributed by atoms with van der Waals surface area (Å²) in [6.07, 6.45) is 1.27. The van der Waals surface area contributed by atoms with Crippen LogP contribution in [-0.4, -0.2) is 22.6 Å². The summed E-state index contributed by atoms with van der Waals surface area (Å²) < 4.78 is 0. The van der Waals surface area contributed by atoms with Crippen molar-refractivity contribution in [2.75, 3.05) is 0 Å². The molecule has 2 amide bonds. The molecule has 0 aliphatic rings. The van der Waals surface area contributed by atoms with Crippen LogP contribution in [0.3, 0.4) is 0 Å². The smallest absolute Gasteiger partial charge is 0.252 e. The molecule has 176 valence electrons. The third-order valence-corrected chi connectivity index (χ3v) is 6.74. The lowest BCUT2D eigenvalue weighted by atomic mass is 10.1. The maximum Gasteiger partial charge on any atom is 0.252 e. The molecule has 4 rings (SSSR count). The van der Waals surface area contributed by atoms with Gasteiger partial charge in [0, 0.05) is 24.0 Å². The first-order valence-corrected chi connectivity index (χ1v) is 12.6. The van der Waals surface area contributed by atoms with Gasteiger partial charge in [0.15, 0.2) is 0 Å². The number of thioether (sulfide) groups is 1. The van der Waals surface area contributed by atoms with Gasteiger partial charge in [-0.3, -0.25) is 9.59 Å². The molecule has 0 fully saturated rings. The van der Waals surface area contributed by atoms with Crippen LogP contribution in [0.15, 0.2) is 121 Å². The normalized spacial score (nSPS) is 12.3. The van der Waals surface area contributed by atoms with E-state index in [0.29, 0.717) is 24.0 Å². The SMILES string of the molecule is O=C(NC(Cc1ccccc1)SC(Cc1ccccc1)NC(=O)c1ccccc1)c1ccccc1. The zero-order chi connectivity index (χ0) is 24.3. The lowest BCUT2D eigenvalue weighted by Gasteiger charge is -2.26. The zero-order valence-electron chi connectivity index (χ0n) is 19.3. The summed E-state index contributed by atoms with van der Waals surface area (Å²) in [6.45, 7) is 0. The van der Waals surface area contributed by atoms with Crippen LogP contribution in [0.4, 0.5) is 0 Å². The van der Waals surface area contributed by atoms with E-state index in [0.717, 1.165) is 11.1 Å². The Labute approximate surface area is 210 Å². The molecular formula is C30H28N2O2S. The van der Waals surface area contributed by atoms with E-state index < -0.39 is 0 Å². The van der Waals surface area contributed by atoms with Crippen molar-refractivity contribution in [3.8, 4) is 0 Å². The second kappa shape index (κ2) is 12.6. The van der Waals surface area contributed by atoms with Crippen LogP contribution in [0.5, 0.6) is 0 Å². The zero-order valence-corrected chi connectivity index (χ0v) is 20.2. The van der Waals surface area contributed by atoms with Gasteiger partial charge in [0.25, 0.3) is 11.8 Å². The molecule has 4 aromatic carbocycles. The number of rotatable bonds is 10. The first kappa shape index (κ1) is 24.3. The predicted octanol–water partition coefficient (Wildman–Crippen LogP) is 5.72. The van der Waals surface area contributed by atoms with E-state index in [9.17, 15) is 9.59 Å². The number of hydrogen-bond donors (Lipinski definition) is 2. The third-order valence-electron chi connectivity index (χ3n) is 5.51. The number of amides is 2. The second-order valence-electron chi connectivity index (χ2n) is 8.17. The summed E-state index contributed by atoms with van der Waals surface area (Å²) in [5.74, 6) is -0.265. The summed E-state index contributed by atoms with van der Waals surface area (Å²) in [6, 6.07) is 38.6. The monoisotopic (exact) mass is 480 g/mol. The van der Waals surface area contributed by atoms with Gasteiger partial charge in [-0.2, -0.15) is 0 Å². The van der Waals surface area contributed by atoms with Crippen LogP contribution in [0.1, 0.15) is 31.8 Å². The number of benzene rings is 4. The topological polar surface area (TPSA) is 58.2 Å². The third kappa shape index (κ3) is 7.59. The Kier molecular flexibility index (Phi) is 8.74. The fourth-order valence-corrected chi connectivity index (χ4v) is 5.08. The average molecular weight is 481 g/mol. The van der Waals surface area contributed by atoms with Gasteiger partial charge in [0.2, 0.25) is 0 Å². The Bertz CT molecular complexity index is 1110. The Morgan fingerprint density at radius 3 is 1.17 bits per heavy atom. The minimum Gasteiger partial charge on any atom is -0.340 e. The largest absolute Gasteiger partial charge is 0.340 e. The Balaban J connectivity index is 1.56. The number of carbonyl (C=O) groups is 2. The quantitative estimate of drug-likeness (QED) is 0.286. The van der Waals surface area contributed by atoms with Gasteiger partial charge in [-0.15, -0.1) is 11.8 Å². The molecule has 0 saturated heterocycles. The Morgan fingerprint density at radius 1 is 0.514 bits per heavy atom. The highest BCUT2D eigenvalue weighted by Crippen LogP contribution is 2.23. The van der Waals surface area contributed by atoms with Gasteiger partial charge in [0.05, 0.1) is 10.7 Å². The number of hydrogen-bond acceptors (Lipinski definition) is 3. The van der Waals surface area contributed by atoms with Gasteiger partial charge >= 0.3 is 0 Å². The van der Waals surface area contributed by atoms with Gasteiger partial charge in [0.1, 0.15) is 0 Å². The van der Waals surface area contributed by atoms with E-state index in [-0.39, 0.29) is 22.6 Å². The summed E-state index contributed by atoms with van der Waals surface area (Å²) in [5.41, 5.74) is 3.45. The molecular weight excluding hydrogens is 452 g/mol. The Hall–Kier alpha value is -3.83.